The van der Waals surface area contributed by atoms with Crippen molar-refractivity contribution in [3.63, 3.8) is 0 Å². The molecule has 21 heavy (non-hydrogen) atoms. The second-order valence-electron chi connectivity index (χ2n) is 5.42. The maximum Gasteiger partial charge on any atom is 0.250 e. The fourth-order valence-corrected chi connectivity index (χ4v) is 3.56. The molecule has 0 aromatic heterocycles. The number of anilines is 1. The molecule has 6 heteroatoms. The fourth-order valence-electron chi connectivity index (χ4n) is 3.22. The SMILES string of the molecule is CCC1C(=O)N2CCCC2C(=O)N1c1ccc(Br)cc1F. The molecule has 1 aromatic rings. The molecule has 2 amide bonds. The van der Waals surface area contributed by atoms with E-state index in [0.717, 1.165) is 6.42 Å². The molecule has 0 radical (unpaired) electrons. The van der Waals surface area contributed by atoms with Crippen molar-refractivity contribution in [3.8, 4) is 0 Å². The zero-order chi connectivity index (χ0) is 15.1. The van der Waals surface area contributed by atoms with Crippen molar-refractivity contribution in [1.82, 2.24) is 4.90 Å². The van der Waals surface area contributed by atoms with Crippen LogP contribution in [-0.2, 0) is 9.59 Å². The molecule has 0 N–H and O–H groups in total. The quantitative estimate of drug-likeness (QED) is 0.819. The van der Waals surface area contributed by atoms with Crippen LogP contribution in [0.2, 0.25) is 0 Å². The van der Waals surface area contributed by atoms with E-state index in [9.17, 15) is 14.0 Å². The lowest BCUT2D eigenvalue weighted by Gasteiger charge is -2.42. The largest absolute Gasteiger partial charge is 0.329 e. The molecule has 2 saturated heterocycles. The van der Waals surface area contributed by atoms with Crippen LogP contribution in [-0.4, -0.2) is 35.3 Å². The van der Waals surface area contributed by atoms with Gasteiger partial charge in [0.25, 0.3) is 5.91 Å². The Kier molecular flexibility index (Phi) is 3.73. The van der Waals surface area contributed by atoms with Crippen LogP contribution in [0.3, 0.4) is 0 Å². The fraction of sp³-hybridized carbons (Fsp3) is 0.467. The van der Waals surface area contributed by atoms with Crippen LogP contribution < -0.4 is 4.90 Å². The number of halogens is 2. The van der Waals surface area contributed by atoms with Crippen LogP contribution >= 0.6 is 15.9 Å². The molecule has 2 aliphatic rings. The third-order valence-electron chi connectivity index (χ3n) is 4.21. The monoisotopic (exact) mass is 354 g/mol. The Morgan fingerprint density at radius 1 is 1.33 bits per heavy atom. The number of carbonyl (C=O) groups excluding carboxylic acids is 2. The first-order valence-electron chi connectivity index (χ1n) is 7.13. The van der Waals surface area contributed by atoms with E-state index in [1.165, 1.54) is 11.0 Å². The Labute approximate surface area is 131 Å². The van der Waals surface area contributed by atoms with Gasteiger partial charge in [0.2, 0.25) is 5.91 Å². The molecule has 0 aliphatic carbocycles. The number of carbonyl (C=O) groups is 2. The predicted molar refractivity (Wildman–Crippen MR) is 80.4 cm³/mol. The van der Waals surface area contributed by atoms with E-state index in [1.54, 1.807) is 17.0 Å². The van der Waals surface area contributed by atoms with Gasteiger partial charge in [0.15, 0.2) is 0 Å². The lowest BCUT2D eigenvalue weighted by atomic mass is 10.0. The van der Waals surface area contributed by atoms with Gasteiger partial charge in [-0.15, -0.1) is 0 Å². The van der Waals surface area contributed by atoms with Crippen molar-refractivity contribution in [3.05, 3.63) is 28.5 Å². The van der Waals surface area contributed by atoms with E-state index in [2.05, 4.69) is 15.9 Å². The van der Waals surface area contributed by atoms with E-state index in [1.807, 2.05) is 6.92 Å². The third kappa shape index (κ3) is 2.25. The van der Waals surface area contributed by atoms with Crippen molar-refractivity contribution in [1.29, 1.82) is 0 Å². The number of nitrogens with zero attached hydrogens (tertiary/aromatic N) is 2. The Morgan fingerprint density at radius 2 is 2.10 bits per heavy atom. The molecule has 1 aromatic carbocycles. The number of rotatable bonds is 2. The normalized spacial score (nSPS) is 25.5. The first kappa shape index (κ1) is 14.5. The van der Waals surface area contributed by atoms with E-state index >= 15 is 0 Å². The number of piperazine rings is 1. The van der Waals surface area contributed by atoms with Gasteiger partial charge in [0.1, 0.15) is 17.9 Å². The van der Waals surface area contributed by atoms with Crippen LogP contribution in [0.5, 0.6) is 0 Å². The molecule has 0 spiro atoms. The first-order valence-corrected chi connectivity index (χ1v) is 7.92. The molecule has 2 fully saturated rings. The van der Waals surface area contributed by atoms with Crippen LogP contribution in [0.15, 0.2) is 22.7 Å². The number of benzene rings is 1. The van der Waals surface area contributed by atoms with Gasteiger partial charge in [-0.1, -0.05) is 22.9 Å². The smallest absolute Gasteiger partial charge is 0.250 e. The number of hydrogen-bond donors (Lipinski definition) is 0. The predicted octanol–water partition coefficient (Wildman–Crippen LogP) is 2.70. The topological polar surface area (TPSA) is 40.6 Å². The summed E-state index contributed by atoms with van der Waals surface area (Å²) in [5.41, 5.74) is 0.190. The lowest BCUT2D eigenvalue weighted by Crippen LogP contribution is -2.63. The summed E-state index contributed by atoms with van der Waals surface area (Å²) in [5, 5.41) is 0. The maximum atomic E-state index is 14.2. The summed E-state index contributed by atoms with van der Waals surface area (Å²) in [6.45, 7) is 2.47. The van der Waals surface area contributed by atoms with Crippen molar-refractivity contribution in [2.75, 3.05) is 11.4 Å². The highest BCUT2D eigenvalue weighted by atomic mass is 79.9. The summed E-state index contributed by atoms with van der Waals surface area (Å²) < 4.78 is 14.8. The zero-order valence-electron chi connectivity index (χ0n) is 11.7. The van der Waals surface area contributed by atoms with Gasteiger partial charge in [-0.2, -0.15) is 0 Å². The zero-order valence-corrected chi connectivity index (χ0v) is 13.3. The molecule has 4 nitrogen and oxygen atoms in total. The summed E-state index contributed by atoms with van der Waals surface area (Å²) in [6, 6.07) is 3.52. The average molecular weight is 355 g/mol. The lowest BCUT2D eigenvalue weighted by molar-refractivity contribution is -0.144. The molecule has 3 rings (SSSR count). The summed E-state index contributed by atoms with van der Waals surface area (Å²) >= 11 is 3.21. The average Bonchev–Trinajstić information content (AvgIpc) is 2.93. The number of hydrogen-bond acceptors (Lipinski definition) is 2. The first-order chi connectivity index (χ1) is 10.0. The van der Waals surface area contributed by atoms with Crippen molar-refractivity contribution >= 4 is 33.4 Å². The summed E-state index contributed by atoms with van der Waals surface area (Å²) in [4.78, 5) is 28.3. The summed E-state index contributed by atoms with van der Waals surface area (Å²) in [6.07, 6.45) is 1.97. The van der Waals surface area contributed by atoms with Gasteiger partial charge < -0.3 is 4.90 Å². The third-order valence-corrected chi connectivity index (χ3v) is 4.70. The van der Waals surface area contributed by atoms with Gasteiger partial charge in [-0.05, 0) is 37.5 Å². The van der Waals surface area contributed by atoms with Gasteiger partial charge in [0.05, 0.1) is 5.69 Å². The van der Waals surface area contributed by atoms with Gasteiger partial charge in [-0.25, -0.2) is 4.39 Å². The van der Waals surface area contributed by atoms with Gasteiger partial charge in [-0.3, -0.25) is 14.5 Å². The Morgan fingerprint density at radius 3 is 2.76 bits per heavy atom. The molecule has 0 bridgehead atoms. The van der Waals surface area contributed by atoms with Crippen LogP contribution in [0.25, 0.3) is 0 Å². The maximum absolute atomic E-state index is 14.2. The van der Waals surface area contributed by atoms with Crippen molar-refractivity contribution < 1.29 is 14.0 Å². The summed E-state index contributed by atoms with van der Waals surface area (Å²) in [5.74, 6) is -0.725. The van der Waals surface area contributed by atoms with Crippen molar-refractivity contribution in [2.45, 2.75) is 38.3 Å². The van der Waals surface area contributed by atoms with Crippen LogP contribution in [0.1, 0.15) is 26.2 Å². The molecule has 2 heterocycles. The molecule has 0 saturated carbocycles. The highest BCUT2D eigenvalue weighted by Crippen LogP contribution is 2.33. The highest BCUT2D eigenvalue weighted by Gasteiger charge is 2.48. The van der Waals surface area contributed by atoms with E-state index in [-0.39, 0.29) is 17.5 Å². The van der Waals surface area contributed by atoms with Crippen LogP contribution in [0.4, 0.5) is 10.1 Å². The Balaban J connectivity index is 2.05. The molecule has 2 atom stereocenters. The minimum atomic E-state index is -0.609. The number of amides is 2. The standard InChI is InChI=1S/C15H16BrFN2O2/c1-2-11-14(20)18-7-3-4-13(18)15(21)19(11)12-6-5-9(16)8-10(12)17/h5-6,8,11,13H,2-4,7H2,1H3. The molecular weight excluding hydrogens is 339 g/mol. The van der Waals surface area contributed by atoms with Gasteiger partial charge >= 0.3 is 0 Å². The summed E-state index contributed by atoms with van der Waals surface area (Å²) in [7, 11) is 0. The minimum absolute atomic E-state index is 0.0677. The van der Waals surface area contributed by atoms with E-state index in [0.29, 0.717) is 23.9 Å². The number of fused-ring (bicyclic) bond motifs is 1. The highest BCUT2D eigenvalue weighted by molar-refractivity contribution is 9.10. The van der Waals surface area contributed by atoms with Crippen molar-refractivity contribution in [2.24, 2.45) is 0 Å². The molecule has 2 aliphatic heterocycles. The van der Waals surface area contributed by atoms with E-state index < -0.39 is 17.9 Å². The van der Waals surface area contributed by atoms with Crippen LogP contribution in [0, 0.1) is 5.82 Å². The molecular formula is C15H16BrFN2O2. The molecule has 2 unspecified atom stereocenters. The van der Waals surface area contributed by atoms with E-state index in [4.69, 9.17) is 0 Å². The Hall–Kier alpha value is -1.43. The minimum Gasteiger partial charge on any atom is -0.329 e. The van der Waals surface area contributed by atoms with Gasteiger partial charge in [0, 0.05) is 11.0 Å². The second-order valence-corrected chi connectivity index (χ2v) is 6.33. The second kappa shape index (κ2) is 5.40. The molecule has 112 valence electrons. The Bertz CT molecular complexity index is 607.